The maximum Gasteiger partial charge on any atom is 0.416 e. The summed E-state index contributed by atoms with van der Waals surface area (Å²) in [7, 11) is 0. The van der Waals surface area contributed by atoms with E-state index < -0.39 is 11.7 Å². The van der Waals surface area contributed by atoms with Crippen molar-refractivity contribution in [3.63, 3.8) is 0 Å². The van der Waals surface area contributed by atoms with Crippen molar-refractivity contribution in [2.75, 3.05) is 0 Å². The summed E-state index contributed by atoms with van der Waals surface area (Å²) in [5.41, 5.74) is 0.768. The number of aromatic nitrogens is 2. The van der Waals surface area contributed by atoms with Gasteiger partial charge in [-0.15, -0.1) is 0 Å². The van der Waals surface area contributed by atoms with Crippen LogP contribution in [0, 0.1) is 23.2 Å². The lowest BCUT2D eigenvalue weighted by Crippen LogP contribution is -2.05. The minimum atomic E-state index is -4.39. The summed E-state index contributed by atoms with van der Waals surface area (Å²) in [5, 5.41) is 13.9. The first-order chi connectivity index (χ1) is 13.3. The summed E-state index contributed by atoms with van der Waals surface area (Å²) in [6.45, 7) is 4.46. The van der Waals surface area contributed by atoms with Crippen LogP contribution in [-0.4, -0.2) is 9.78 Å². The molecule has 2 aromatic rings. The quantitative estimate of drug-likeness (QED) is 0.663. The van der Waals surface area contributed by atoms with Gasteiger partial charge in [0.1, 0.15) is 5.75 Å². The van der Waals surface area contributed by atoms with Gasteiger partial charge in [-0.2, -0.15) is 23.5 Å². The molecule has 0 saturated heterocycles. The fourth-order valence-electron chi connectivity index (χ4n) is 2.99. The number of nitrogens with zero attached hydrogens (tertiary/aromatic N) is 3. The van der Waals surface area contributed by atoms with Gasteiger partial charge in [0.2, 0.25) is 5.88 Å². The first-order valence-corrected chi connectivity index (χ1v) is 9.03. The van der Waals surface area contributed by atoms with Gasteiger partial charge in [-0.05, 0) is 49.1 Å². The van der Waals surface area contributed by atoms with Crippen LogP contribution in [0.5, 0.6) is 11.6 Å². The van der Waals surface area contributed by atoms with Gasteiger partial charge in [0.05, 0.1) is 23.2 Å². The van der Waals surface area contributed by atoms with Gasteiger partial charge in [0.25, 0.3) is 0 Å². The van der Waals surface area contributed by atoms with E-state index in [1.165, 1.54) is 12.1 Å². The molecule has 1 aromatic heterocycles. The molecule has 4 nitrogen and oxygen atoms in total. The normalized spacial score (nSPS) is 19.6. The molecule has 0 radical (unpaired) electrons. The van der Waals surface area contributed by atoms with Crippen molar-refractivity contribution in [1.82, 2.24) is 9.78 Å². The fourth-order valence-corrected chi connectivity index (χ4v) is 2.99. The van der Waals surface area contributed by atoms with Crippen LogP contribution in [0.25, 0.3) is 5.57 Å². The second-order valence-corrected chi connectivity index (χ2v) is 6.70. The fraction of sp³-hybridized carbons (Fsp3) is 0.333. The molecule has 2 unspecified atom stereocenters. The maximum absolute atomic E-state index is 12.7. The predicted octanol–water partition coefficient (Wildman–Crippen LogP) is 5.83. The van der Waals surface area contributed by atoms with Crippen LogP contribution in [-0.2, 0) is 12.7 Å². The Morgan fingerprint density at radius 2 is 2.00 bits per heavy atom. The Morgan fingerprint density at radius 3 is 2.61 bits per heavy atom. The summed E-state index contributed by atoms with van der Waals surface area (Å²) in [6.07, 6.45) is 2.29. The molecule has 146 valence electrons. The Hall–Kier alpha value is -3.01. The van der Waals surface area contributed by atoms with E-state index >= 15 is 0 Å². The Kier molecular flexibility index (Phi) is 5.59. The molecule has 0 fully saturated rings. The van der Waals surface area contributed by atoms with Crippen molar-refractivity contribution < 1.29 is 17.9 Å². The molecule has 1 heterocycles. The molecule has 0 aliphatic heterocycles. The first-order valence-electron chi connectivity index (χ1n) is 9.03. The number of benzene rings is 1. The zero-order valence-electron chi connectivity index (χ0n) is 15.6. The van der Waals surface area contributed by atoms with Crippen molar-refractivity contribution in [3.05, 3.63) is 59.8 Å². The highest BCUT2D eigenvalue weighted by Gasteiger charge is 2.30. The molecular formula is C21H20F3N3O. The Morgan fingerprint density at radius 1 is 1.29 bits per heavy atom. The van der Waals surface area contributed by atoms with Gasteiger partial charge in [-0.3, -0.25) is 0 Å². The highest BCUT2D eigenvalue weighted by atomic mass is 19.4. The second kappa shape index (κ2) is 7.93. The zero-order valence-corrected chi connectivity index (χ0v) is 15.6. The van der Waals surface area contributed by atoms with Crippen molar-refractivity contribution in [2.24, 2.45) is 11.8 Å². The third-order valence-corrected chi connectivity index (χ3v) is 4.67. The lowest BCUT2D eigenvalue weighted by Gasteiger charge is -2.09. The number of aryl methyl sites for hydroxylation is 1. The third-order valence-electron chi connectivity index (χ3n) is 4.67. The Labute approximate surface area is 161 Å². The highest BCUT2D eigenvalue weighted by molar-refractivity contribution is 5.73. The molecule has 28 heavy (non-hydrogen) atoms. The number of alkyl halides is 3. The molecule has 0 N–H and O–H groups in total. The molecule has 0 bridgehead atoms. The van der Waals surface area contributed by atoms with Crippen LogP contribution in [0.1, 0.15) is 31.5 Å². The lowest BCUT2D eigenvalue weighted by molar-refractivity contribution is -0.137. The van der Waals surface area contributed by atoms with Crippen LogP contribution in [0.4, 0.5) is 13.2 Å². The van der Waals surface area contributed by atoms with Gasteiger partial charge >= 0.3 is 6.18 Å². The monoisotopic (exact) mass is 387 g/mol. The van der Waals surface area contributed by atoms with Gasteiger partial charge < -0.3 is 4.74 Å². The minimum Gasteiger partial charge on any atom is -0.439 e. The molecule has 0 amide bonds. The number of rotatable bonds is 4. The lowest BCUT2D eigenvalue weighted by atomic mass is 9.92. The summed E-state index contributed by atoms with van der Waals surface area (Å²) in [5.74, 6) is 0.728. The van der Waals surface area contributed by atoms with E-state index in [-0.39, 0.29) is 11.8 Å². The third kappa shape index (κ3) is 4.28. The molecule has 0 spiro atoms. The highest BCUT2D eigenvalue weighted by Crippen LogP contribution is 2.33. The number of hydrogen-bond acceptors (Lipinski definition) is 3. The topological polar surface area (TPSA) is 50.8 Å². The maximum atomic E-state index is 12.7. The van der Waals surface area contributed by atoms with E-state index in [1.807, 2.05) is 32.1 Å². The minimum absolute atomic E-state index is 0.212. The SMILES string of the molecule is CCn1nc(C2=CC(C#N)C(C)CC=C2)cc1Oc1ccc(C(F)(F)F)cc1. The summed E-state index contributed by atoms with van der Waals surface area (Å²) in [4.78, 5) is 0. The number of hydrogen-bond donors (Lipinski definition) is 0. The van der Waals surface area contributed by atoms with Gasteiger partial charge in [0.15, 0.2) is 0 Å². The van der Waals surface area contributed by atoms with Crippen molar-refractivity contribution in [1.29, 1.82) is 5.26 Å². The van der Waals surface area contributed by atoms with E-state index in [9.17, 15) is 18.4 Å². The average molecular weight is 387 g/mol. The summed E-state index contributed by atoms with van der Waals surface area (Å²) >= 11 is 0. The average Bonchev–Trinajstić information content (AvgIpc) is 2.96. The van der Waals surface area contributed by atoms with Crippen LogP contribution in [0.15, 0.2) is 48.6 Å². The molecule has 1 aromatic carbocycles. The number of halogens is 3. The van der Waals surface area contributed by atoms with E-state index in [0.29, 0.717) is 23.9 Å². The van der Waals surface area contributed by atoms with Crippen molar-refractivity contribution in [3.8, 4) is 17.7 Å². The van der Waals surface area contributed by atoms with Crippen LogP contribution >= 0.6 is 0 Å². The Balaban J connectivity index is 1.88. The van der Waals surface area contributed by atoms with Gasteiger partial charge in [-0.1, -0.05) is 25.2 Å². The molecule has 1 aliphatic carbocycles. The van der Waals surface area contributed by atoms with Gasteiger partial charge in [-0.25, -0.2) is 4.68 Å². The van der Waals surface area contributed by atoms with Crippen LogP contribution in [0.3, 0.4) is 0 Å². The first kappa shape index (κ1) is 19.7. The number of ether oxygens (including phenoxy) is 1. The smallest absolute Gasteiger partial charge is 0.416 e. The standard InChI is InChI=1S/C21H20F3N3O/c1-3-27-20(28-18-9-7-17(8-10-18)21(22,23)24)12-19(26-27)15-6-4-5-14(2)16(11-15)13-25/h4,6-12,14,16H,3,5H2,1-2H3. The van der Waals surface area contributed by atoms with Gasteiger partial charge in [0, 0.05) is 12.6 Å². The number of allylic oxidation sites excluding steroid dienone is 4. The van der Waals surface area contributed by atoms with Crippen molar-refractivity contribution in [2.45, 2.75) is 33.0 Å². The molecule has 3 rings (SSSR count). The van der Waals surface area contributed by atoms with E-state index in [0.717, 1.165) is 24.1 Å². The summed E-state index contributed by atoms with van der Waals surface area (Å²) < 4.78 is 45.5. The zero-order chi connectivity index (χ0) is 20.3. The number of nitriles is 1. The van der Waals surface area contributed by atoms with Crippen LogP contribution < -0.4 is 4.74 Å². The molecule has 2 atom stereocenters. The van der Waals surface area contributed by atoms with E-state index in [4.69, 9.17) is 4.74 Å². The van der Waals surface area contributed by atoms with Crippen LogP contribution in [0.2, 0.25) is 0 Å². The molecular weight excluding hydrogens is 367 g/mol. The van der Waals surface area contributed by atoms with Crippen molar-refractivity contribution >= 4 is 5.57 Å². The predicted molar refractivity (Wildman–Crippen MR) is 99.4 cm³/mol. The molecule has 1 aliphatic rings. The van der Waals surface area contributed by atoms with E-state index in [2.05, 4.69) is 11.2 Å². The second-order valence-electron chi connectivity index (χ2n) is 6.70. The molecule has 7 heteroatoms. The molecule has 0 saturated carbocycles. The largest absolute Gasteiger partial charge is 0.439 e. The summed E-state index contributed by atoms with van der Waals surface area (Å²) in [6, 6.07) is 8.59. The van der Waals surface area contributed by atoms with E-state index in [1.54, 1.807) is 10.7 Å². The Bertz CT molecular complexity index is 933.